The minimum absolute atomic E-state index is 0.0187. The molecule has 0 aromatic carbocycles. The second-order valence-electron chi connectivity index (χ2n) is 4.91. The molecule has 110 valence electrons. The van der Waals surface area contributed by atoms with Crippen molar-refractivity contribution in [2.45, 2.75) is 31.7 Å². The summed E-state index contributed by atoms with van der Waals surface area (Å²) < 4.78 is 4.96. The molecule has 1 aliphatic heterocycles. The van der Waals surface area contributed by atoms with E-state index in [-0.39, 0.29) is 36.8 Å². The van der Waals surface area contributed by atoms with Crippen LogP contribution in [-0.4, -0.2) is 47.6 Å². The smallest absolute Gasteiger partial charge is 0.287 e. The number of furan rings is 1. The first-order valence-corrected chi connectivity index (χ1v) is 6.94. The lowest BCUT2D eigenvalue weighted by Gasteiger charge is -2.24. The molecule has 1 fully saturated rings. The number of carbonyl (C=O) groups is 2. The van der Waals surface area contributed by atoms with Crippen LogP contribution in [0.15, 0.2) is 22.8 Å². The number of rotatable bonds is 6. The molecule has 0 saturated carbocycles. The van der Waals surface area contributed by atoms with Gasteiger partial charge in [0.15, 0.2) is 5.76 Å². The Morgan fingerprint density at radius 2 is 2.35 bits per heavy atom. The number of nitrogens with one attached hydrogen (secondary N) is 1. The number of likely N-dealkylation sites (tertiary alicyclic amines) is 1. The van der Waals surface area contributed by atoms with Gasteiger partial charge in [0, 0.05) is 19.2 Å². The lowest BCUT2D eigenvalue weighted by molar-refractivity contribution is -0.131. The Bertz CT molecular complexity index is 444. The fourth-order valence-corrected chi connectivity index (χ4v) is 2.54. The molecule has 1 saturated heterocycles. The topological polar surface area (TPSA) is 82.8 Å². The fourth-order valence-electron chi connectivity index (χ4n) is 2.54. The highest BCUT2D eigenvalue weighted by atomic mass is 16.3. The highest BCUT2D eigenvalue weighted by Crippen LogP contribution is 2.21. The predicted octanol–water partition coefficient (Wildman–Crippen LogP) is 0.773. The molecule has 6 heteroatoms. The van der Waals surface area contributed by atoms with Crippen LogP contribution in [-0.2, 0) is 4.79 Å². The molecule has 1 aromatic rings. The van der Waals surface area contributed by atoms with E-state index in [9.17, 15) is 9.59 Å². The van der Waals surface area contributed by atoms with E-state index < -0.39 is 0 Å². The highest BCUT2D eigenvalue weighted by Gasteiger charge is 2.28. The molecule has 1 atom stereocenters. The van der Waals surface area contributed by atoms with Gasteiger partial charge in [0.05, 0.1) is 12.8 Å². The molecular formula is C14H20N2O4. The van der Waals surface area contributed by atoms with E-state index in [1.54, 1.807) is 17.0 Å². The molecular weight excluding hydrogens is 260 g/mol. The third-order valence-corrected chi connectivity index (χ3v) is 3.54. The van der Waals surface area contributed by atoms with E-state index in [0.29, 0.717) is 6.42 Å². The summed E-state index contributed by atoms with van der Waals surface area (Å²) in [6.07, 6.45) is 4.88. The summed E-state index contributed by atoms with van der Waals surface area (Å²) in [4.78, 5) is 25.6. The maximum absolute atomic E-state index is 12.1. The first kappa shape index (κ1) is 14.6. The Balaban J connectivity index is 1.80. The standard InChI is InChI=1S/C14H20N2O4/c17-8-2-5-11-4-1-7-16(11)13(18)10-15-14(19)12-6-3-9-20-12/h3,6,9,11,17H,1-2,4-5,7-8,10H2,(H,15,19). The number of hydrogen-bond acceptors (Lipinski definition) is 4. The second-order valence-corrected chi connectivity index (χ2v) is 4.91. The number of carbonyl (C=O) groups excluding carboxylic acids is 2. The van der Waals surface area contributed by atoms with Crippen LogP contribution in [0.4, 0.5) is 0 Å². The maximum atomic E-state index is 12.1. The van der Waals surface area contributed by atoms with Crippen molar-refractivity contribution in [1.82, 2.24) is 10.2 Å². The number of aliphatic hydroxyl groups excluding tert-OH is 1. The van der Waals surface area contributed by atoms with Gasteiger partial charge in [0.1, 0.15) is 0 Å². The lowest BCUT2D eigenvalue weighted by Crippen LogP contribution is -2.42. The summed E-state index contributed by atoms with van der Waals surface area (Å²) in [5.41, 5.74) is 0. The van der Waals surface area contributed by atoms with E-state index >= 15 is 0 Å². The van der Waals surface area contributed by atoms with Gasteiger partial charge in [0.25, 0.3) is 5.91 Å². The van der Waals surface area contributed by atoms with Gasteiger partial charge in [0.2, 0.25) is 5.91 Å². The minimum Gasteiger partial charge on any atom is -0.459 e. The van der Waals surface area contributed by atoms with Crippen molar-refractivity contribution in [1.29, 1.82) is 0 Å². The Morgan fingerprint density at radius 1 is 1.50 bits per heavy atom. The molecule has 1 aromatic heterocycles. The Morgan fingerprint density at radius 3 is 3.05 bits per heavy atom. The van der Waals surface area contributed by atoms with Crippen molar-refractivity contribution < 1.29 is 19.1 Å². The third kappa shape index (κ3) is 3.60. The average molecular weight is 280 g/mol. The van der Waals surface area contributed by atoms with Gasteiger partial charge in [-0.2, -0.15) is 0 Å². The van der Waals surface area contributed by atoms with Crippen molar-refractivity contribution >= 4 is 11.8 Å². The second kappa shape index (κ2) is 7.09. The van der Waals surface area contributed by atoms with Gasteiger partial charge in [-0.1, -0.05) is 0 Å². The quantitative estimate of drug-likeness (QED) is 0.806. The minimum atomic E-state index is -0.380. The zero-order chi connectivity index (χ0) is 14.4. The van der Waals surface area contributed by atoms with Crippen molar-refractivity contribution in [3.05, 3.63) is 24.2 Å². The van der Waals surface area contributed by atoms with Gasteiger partial charge >= 0.3 is 0 Å². The Labute approximate surface area is 117 Å². The van der Waals surface area contributed by atoms with E-state index in [2.05, 4.69) is 5.32 Å². The van der Waals surface area contributed by atoms with Crippen molar-refractivity contribution in [3.63, 3.8) is 0 Å². The van der Waals surface area contributed by atoms with Crippen LogP contribution in [0.5, 0.6) is 0 Å². The van der Waals surface area contributed by atoms with Gasteiger partial charge < -0.3 is 19.7 Å². The van der Waals surface area contributed by atoms with Crippen LogP contribution in [0.3, 0.4) is 0 Å². The normalized spacial score (nSPS) is 18.2. The lowest BCUT2D eigenvalue weighted by atomic mass is 10.1. The molecule has 2 N–H and O–H groups in total. The summed E-state index contributed by atoms with van der Waals surface area (Å²) in [6, 6.07) is 3.37. The first-order valence-electron chi connectivity index (χ1n) is 6.94. The van der Waals surface area contributed by atoms with Crippen LogP contribution in [0.2, 0.25) is 0 Å². The van der Waals surface area contributed by atoms with E-state index in [1.165, 1.54) is 6.26 Å². The zero-order valence-electron chi connectivity index (χ0n) is 11.4. The molecule has 0 aliphatic carbocycles. The number of hydrogen-bond donors (Lipinski definition) is 2. The van der Waals surface area contributed by atoms with E-state index in [0.717, 1.165) is 25.8 Å². The van der Waals surface area contributed by atoms with Gasteiger partial charge in [-0.25, -0.2) is 0 Å². The summed E-state index contributed by atoms with van der Waals surface area (Å²) >= 11 is 0. The molecule has 2 heterocycles. The molecule has 0 spiro atoms. The first-order chi connectivity index (χ1) is 9.72. The maximum Gasteiger partial charge on any atom is 0.287 e. The highest BCUT2D eigenvalue weighted by molar-refractivity contribution is 5.94. The van der Waals surface area contributed by atoms with Crippen molar-refractivity contribution in [2.24, 2.45) is 0 Å². The van der Waals surface area contributed by atoms with Crippen molar-refractivity contribution in [3.8, 4) is 0 Å². The molecule has 0 bridgehead atoms. The summed E-state index contributed by atoms with van der Waals surface area (Å²) in [6.45, 7) is 0.856. The van der Waals surface area contributed by atoms with Crippen LogP contribution in [0.1, 0.15) is 36.2 Å². The number of aliphatic hydroxyl groups is 1. The van der Waals surface area contributed by atoms with E-state index in [1.807, 2.05) is 0 Å². The molecule has 2 amide bonds. The largest absolute Gasteiger partial charge is 0.459 e. The number of amides is 2. The SMILES string of the molecule is O=C(NCC(=O)N1CCCC1CCCO)c1ccco1. The Hall–Kier alpha value is -1.82. The van der Waals surface area contributed by atoms with E-state index in [4.69, 9.17) is 9.52 Å². The van der Waals surface area contributed by atoms with Crippen LogP contribution < -0.4 is 5.32 Å². The van der Waals surface area contributed by atoms with Crippen LogP contribution in [0.25, 0.3) is 0 Å². The van der Waals surface area contributed by atoms with Crippen molar-refractivity contribution in [2.75, 3.05) is 19.7 Å². The van der Waals surface area contributed by atoms with Gasteiger partial charge in [-0.05, 0) is 37.8 Å². The predicted molar refractivity (Wildman–Crippen MR) is 72.1 cm³/mol. The average Bonchev–Trinajstić information content (AvgIpc) is 3.12. The summed E-state index contributed by atoms with van der Waals surface area (Å²) in [5, 5.41) is 11.4. The summed E-state index contributed by atoms with van der Waals surface area (Å²) in [7, 11) is 0. The zero-order valence-corrected chi connectivity index (χ0v) is 11.4. The molecule has 1 aliphatic rings. The van der Waals surface area contributed by atoms with Crippen LogP contribution in [0, 0.1) is 0 Å². The van der Waals surface area contributed by atoms with Crippen LogP contribution >= 0.6 is 0 Å². The Kier molecular flexibility index (Phi) is 5.17. The molecule has 0 radical (unpaired) electrons. The molecule has 2 rings (SSSR count). The number of nitrogens with zero attached hydrogens (tertiary/aromatic N) is 1. The monoisotopic (exact) mass is 280 g/mol. The fraction of sp³-hybridized carbons (Fsp3) is 0.571. The molecule has 1 unspecified atom stereocenters. The molecule has 6 nitrogen and oxygen atoms in total. The summed E-state index contributed by atoms with van der Waals surface area (Å²) in [5.74, 6) is -0.254. The molecule has 20 heavy (non-hydrogen) atoms. The van der Waals surface area contributed by atoms with Gasteiger partial charge in [-0.3, -0.25) is 9.59 Å². The van der Waals surface area contributed by atoms with Gasteiger partial charge in [-0.15, -0.1) is 0 Å². The third-order valence-electron chi connectivity index (χ3n) is 3.54.